The Bertz CT molecular complexity index is 301. The van der Waals surface area contributed by atoms with Gasteiger partial charge in [0.25, 0.3) is 0 Å². The highest BCUT2D eigenvalue weighted by atomic mass is 16.7. The highest BCUT2D eigenvalue weighted by molar-refractivity contribution is 4.85. The Kier molecular flexibility index (Phi) is 8.12. The zero-order valence-electron chi connectivity index (χ0n) is 17.2. The van der Waals surface area contributed by atoms with Crippen LogP contribution in [-0.2, 0) is 9.47 Å². The van der Waals surface area contributed by atoms with Crippen molar-refractivity contribution in [3.63, 3.8) is 0 Å². The van der Waals surface area contributed by atoms with Gasteiger partial charge in [0, 0.05) is 13.5 Å². The number of hydrogen-bond acceptors (Lipinski definition) is 2. The van der Waals surface area contributed by atoms with E-state index in [0.29, 0.717) is 11.3 Å². The summed E-state index contributed by atoms with van der Waals surface area (Å²) in [6, 6.07) is 0. The van der Waals surface area contributed by atoms with Gasteiger partial charge in [-0.05, 0) is 35.0 Å². The van der Waals surface area contributed by atoms with Gasteiger partial charge in [-0.1, -0.05) is 69.2 Å². The molecule has 0 saturated heterocycles. The molecule has 0 bridgehead atoms. The van der Waals surface area contributed by atoms with Crippen molar-refractivity contribution < 1.29 is 9.47 Å². The Hall–Kier alpha value is -0.0800. The molecule has 0 aromatic heterocycles. The number of hydrogen-bond donors (Lipinski definition) is 0. The summed E-state index contributed by atoms with van der Waals surface area (Å²) in [6.45, 7) is 22.9. The second kappa shape index (κ2) is 8.15. The van der Waals surface area contributed by atoms with Crippen molar-refractivity contribution in [1.29, 1.82) is 0 Å². The van der Waals surface area contributed by atoms with Crippen LogP contribution in [0.15, 0.2) is 0 Å². The van der Waals surface area contributed by atoms with Crippen molar-refractivity contribution in [2.45, 2.75) is 101 Å². The molecule has 2 heteroatoms. The number of methoxy groups -OCH3 is 1. The zero-order valence-corrected chi connectivity index (χ0v) is 17.2. The second-order valence-electron chi connectivity index (χ2n) is 10.3. The first-order valence-electron chi connectivity index (χ1n) is 8.88. The highest BCUT2D eigenvalue weighted by Crippen LogP contribution is 2.41. The van der Waals surface area contributed by atoms with Crippen LogP contribution in [0, 0.1) is 22.2 Å². The molecule has 22 heavy (non-hydrogen) atoms. The maximum atomic E-state index is 6.44. The van der Waals surface area contributed by atoms with Gasteiger partial charge in [-0.25, -0.2) is 0 Å². The van der Waals surface area contributed by atoms with Crippen molar-refractivity contribution in [2.75, 3.05) is 7.11 Å². The van der Waals surface area contributed by atoms with Gasteiger partial charge in [0.2, 0.25) is 0 Å². The van der Waals surface area contributed by atoms with Gasteiger partial charge in [0.15, 0.2) is 6.29 Å². The molecule has 134 valence electrons. The first-order chi connectivity index (χ1) is 9.69. The Morgan fingerprint density at radius 2 is 1.23 bits per heavy atom. The van der Waals surface area contributed by atoms with E-state index in [-0.39, 0.29) is 23.2 Å². The maximum Gasteiger partial charge on any atom is 0.158 e. The maximum absolute atomic E-state index is 6.44. The van der Waals surface area contributed by atoms with Gasteiger partial charge in [-0.2, -0.15) is 0 Å². The number of rotatable bonds is 7. The predicted molar refractivity (Wildman–Crippen MR) is 97.1 cm³/mol. The molecule has 3 atom stereocenters. The lowest BCUT2D eigenvalue weighted by atomic mass is 9.69. The third-order valence-corrected chi connectivity index (χ3v) is 4.16. The second-order valence-corrected chi connectivity index (χ2v) is 10.3. The van der Waals surface area contributed by atoms with Crippen LogP contribution in [0.2, 0.25) is 0 Å². The molecule has 0 radical (unpaired) electrons. The van der Waals surface area contributed by atoms with E-state index in [1.54, 1.807) is 7.11 Å². The summed E-state index contributed by atoms with van der Waals surface area (Å²) >= 11 is 0. The van der Waals surface area contributed by atoms with Gasteiger partial charge in [0.05, 0.1) is 6.10 Å². The van der Waals surface area contributed by atoms with Gasteiger partial charge in [-0.3, -0.25) is 0 Å². The molecule has 0 aliphatic rings. The quantitative estimate of drug-likeness (QED) is 0.514. The third kappa shape index (κ3) is 9.15. The minimum atomic E-state index is -0.116. The Morgan fingerprint density at radius 1 is 0.773 bits per heavy atom. The molecule has 0 saturated carbocycles. The summed E-state index contributed by atoms with van der Waals surface area (Å²) in [4.78, 5) is 0. The van der Waals surface area contributed by atoms with Crippen molar-refractivity contribution in [1.82, 2.24) is 0 Å². The summed E-state index contributed by atoms with van der Waals surface area (Å²) in [6.07, 6.45) is 3.25. The molecule has 0 aromatic rings. The SMILES string of the molecule is CCC(OC(CC(C)(C)C)OC)C(CC(C)(C)C)C(C)(C)C. The lowest BCUT2D eigenvalue weighted by molar-refractivity contribution is -0.193. The summed E-state index contributed by atoms with van der Waals surface area (Å²) < 4.78 is 12.1. The molecule has 0 rings (SSSR count). The average molecular weight is 315 g/mol. The lowest BCUT2D eigenvalue weighted by Crippen LogP contribution is -2.39. The van der Waals surface area contributed by atoms with Crippen LogP contribution in [0.1, 0.15) is 88.5 Å². The highest BCUT2D eigenvalue weighted by Gasteiger charge is 2.36. The van der Waals surface area contributed by atoms with E-state index in [1.807, 2.05) is 0 Å². The van der Waals surface area contributed by atoms with E-state index in [2.05, 4.69) is 69.2 Å². The lowest BCUT2D eigenvalue weighted by Gasteiger charge is -2.42. The predicted octanol–water partition coefficient (Wildman–Crippen LogP) is 6.29. The molecule has 2 nitrogen and oxygen atoms in total. The van der Waals surface area contributed by atoms with Crippen molar-refractivity contribution in [3.8, 4) is 0 Å². The molecule has 3 unspecified atom stereocenters. The Morgan fingerprint density at radius 3 is 1.50 bits per heavy atom. The van der Waals surface area contributed by atoms with Gasteiger partial charge in [0.1, 0.15) is 0 Å². The molecule has 0 fully saturated rings. The molecule has 0 N–H and O–H groups in total. The summed E-state index contributed by atoms with van der Waals surface area (Å²) in [7, 11) is 1.76. The van der Waals surface area contributed by atoms with Crippen molar-refractivity contribution in [2.24, 2.45) is 22.2 Å². The molecule has 0 aromatic carbocycles. The minimum absolute atomic E-state index is 0.116. The van der Waals surface area contributed by atoms with Crippen LogP contribution >= 0.6 is 0 Å². The normalized spacial score (nSPS) is 18.1. The van der Waals surface area contributed by atoms with Crippen molar-refractivity contribution >= 4 is 0 Å². The van der Waals surface area contributed by atoms with Crippen LogP contribution in [-0.4, -0.2) is 19.5 Å². The smallest absolute Gasteiger partial charge is 0.158 e. The van der Waals surface area contributed by atoms with E-state index >= 15 is 0 Å². The molecular weight excluding hydrogens is 272 g/mol. The van der Waals surface area contributed by atoms with Crippen LogP contribution in [0.25, 0.3) is 0 Å². The van der Waals surface area contributed by atoms with Crippen molar-refractivity contribution in [3.05, 3.63) is 0 Å². The molecule has 0 aliphatic carbocycles. The minimum Gasteiger partial charge on any atom is -0.356 e. The van der Waals surface area contributed by atoms with Crippen LogP contribution < -0.4 is 0 Å². The van der Waals surface area contributed by atoms with Gasteiger partial charge < -0.3 is 9.47 Å². The van der Waals surface area contributed by atoms with Crippen LogP contribution in [0.4, 0.5) is 0 Å². The fourth-order valence-electron chi connectivity index (χ4n) is 3.01. The Labute approximate surface area is 140 Å². The summed E-state index contributed by atoms with van der Waals surface area (Å²) in [5.41, 5.74) is 0.746. The standard InChI is InChI=1S/C20H42O2/c1-12-16(22-17(21-11)14-19(5,6)7)15(20(8,9)10)13-18(2,3)4/h15-17H,12-14H2,1-11H3. The summed E-state index contributed by atoms with van der Waals surface area (Å²) in [5, 5.41) is 0. The van der Waals surface area contributed by atoms with E-state index in [4.69, 9.17) is 9.47 Å². The largest absolute Gasteiger partial charge is 0.356 e. The first kappa shape index (κ1) is 21.9. The van der Waals surface area contributed by atoms with Crippen LogP contribution in [0.5, 0.6) is 0 Å². The molecule has 0 amide bonds. The summed E-state index contributed by atoms with van der Waals surface area (Å²) in [5.74, 6) is 0.523. The molecular formula is C20H42O2. The fraction of sp³-hybridized carbons (Fsp3) is 1.00. The van der Waals surface area contributed by atoms with Gasteiger partial charge in [-0.15, -0.1) is 0 Å². The van der Waals surface area contributed by atoms with E-state index < -0.39 is 0 Å². The topological polar surface area (TPSA) is 18.5 Å². The van der Waals surface area contributed by atoms with Crippen LogP contribution in [0.3, 0.4) is 0 Å². The zero-order chi connectivity index (χ0) is 17.8. The van der Waals surface area contributed by atoms with E-state index in [9.17, 15) is 0 Å². The molecule has 0 heterocycles. The Balaban J connectivity index is 5.14. The number of ether oxygens (including phenoxy) is 2. The van der Waals surface area contributed by atoms with Gasteiger partial charge >= 0.3 is 0 Å². The molecule has 0 spiro atoms. The fourth-order valence-corrected chi connectivity index (χ4v) is 3.01. The third-order valence-electron chi connectivity index (χ3n) is 4.16. The van der Waals surface area contributed by atoms with E-state index in [0.717, 1.165) is 12.8 Å². The average Bonchev–Trinajstić information content (AvgIpc) is 2.27. The van der Waals surface area contributed by atoms with E-state index in [1.165, 1.54) is 6.42 Å². The molecule has 0 aliphatic heterocycles. The first-order valence-corrected chi connectivity index (χ1v) is 8.88. The monoisotopic (exact) mass is 314 g/mol.